The minimum absolute atomic E-state index is 0.486. The van der Waals surface area contributed by atoms with Crippen LogP contribution in [0.5, 0.6) is 0 Å². The minimum atomic E-state index is 0.486. The van der Waals surface area contributed by atoms with Gasteiger partial charge in [0.15, 0.2) is 11.0 Å². The van der Waals surface area contributed by atoms with E-state index in [1.54, 1.807) is 0 Å². The van der Waals surface area contributed by atoms with Gasteiger partial charge in [0.2, 0.25) is 0 Å². The van der Waals surface area contributed by atoms with Crippen LogP contribution >= 0.6 is 0 Å². The fourth-order valence-corrected chi connectivity index (χ4v) is 3.08. The van der Waals surface area contributed by atoms with E-state index < -0.39 is 0 Å². The molecule has 5 nitrogen and oxygen atoms in total. The van der Waals surface area contributed by atoms with Crippen molar-refractivity contribution in [2.75, 3.05) is 11.1 Å². The van der Waals surface area contributed by atoms with Crippen LogP contribution in [0.4, 0.5) is 11.4 Å². The molecular formula is C14H20N4O. The van der Waals surface area contributed by atoms with Crippen LogP contribution in [0.1, 0.15) is 33.1 Å². The number of anilines is 2. The van der Waals surface area contributed by atoms with E-state index in [1.807, 2.05) is 12.1 Å². The number of nitrogens with zero attached hydrogens (tertiary/aromatic N) is 2. The van der Waals surface area contributed by atoms with Crippen LogP contribution in [0.15, 0.2) is 16.8 Å². The van der Waals surface area contributed by atoms with Crippen LogP contribution < -0.4 is 11.1 Å². The van der Waals surface area contributed by atoms with Crippen LogP contribution in [-0.4, -0.2) is 16.4 Å². The lowest BCUT2D eigenvalue weighted by Crippen LogP contribution is -2.33. The number of rotatable bonds is 2. The van der Waals surface area contributed by atoms with E-state index in [2.05, 4.69) is 29.5 Å². The highest BCUT2D eigenvalue weighted by Gasteiger charge is 2.26. The van der Waals surface area contributed by atoms with Crippen molar-refractivity contribution in [3.05, 3.63) is 12.1 Å². The molecule has 1 aromatic heterocycles. The molecule has 1 fully saturated rings. The number of hydrogen-bond acceptors (Lipinski definition) is 5. The van der Waals surface area contributed by atoms with Crippen molar-refractivity contribution in [1.82, 2.24) is 10.3 Å². The molecule has 0 spiro atoms. The Hall–Kier alpha value is -1.78. The Bertz CT molecular complexity index is 580. The number of nitrogen functional groups attached to an aromatic ring is 1. The summed E-state index contributed by atoms with van der Waals surface area (Å²) in [6, 6.07) is 4.30. The fourth-order valence-electron chi connectivity index (χ4n) is 3.08. The van der Waals surface area contributed by atoms with Crippen molar-refractivity contribution >= 4 is 22.4 Å². The average molecular weight is 260 g/mol. The minimum Gasteiger partial charge on any atom is -0.397 e. The second-order valence-electron chi connectivity index (χ2n) is 5.81. The van der Waals surface area contributed by atoms with E-state index >= 15 is 0 Å². The standard InChI is InChI=1S/C14H20N4O/c1-8-3-5-11(9(2)7-8)16-12-6-4-10(15)13-14(12)18-19-17-13/h4,6,8-9,11,16H,3,5,7,15H2,1-2H3. The second-order valence-corrected chi connectivity index (χ2v) is 5.81. The highest BCUT2D eigenvalue weighted by atomic mass is 16.6. The lowest BCUT2D eigenvalue weighted by Gasteiger charge is -2.33. The molecule has 19 heavy (non-hydrogen) atoms. The zero-order chi connectivity index (χ0) is 13.4. The van der Waals surface area contributed by atoms with E-state index in [4.69, 9.17) is 10.4 Å². The van der Waals surface area contributed by atoms with Gasteiger partial charge in [0.25, 0.3) is 0 Å². The number of fused-ring (bicyclic) bond motifs is 1. The van der Waals surface area contributed by atoms with Crippen molar-refractivity contribution in [1.29, 1.82) is 0 Å². The van der Waals surface area contributed by atoms with Crippen molar-refractivity contribution in [3.8, 4) is 0 Å². The van der Waals surface area contributed by atoms with Gasteiger partial charge in [0.1, 0.15) is 0 Å². The van der Waals surface area contributed by atoms with Gasteiger partial charge in [-0.1, -0.05) is 13.8 Å². The third kappa shape index (κ3) is 2.25. The zero-order valence-corrected chi connectivity index (χ0v) is 11.4. The molecule has 0 amide bonds. The molecule has 3 unspecified atom stereocenters. The normalized spacial score (nSPS) is 27.6. The summed E-state index contributed by atoms with van der Waals surface area (Å²) in [7, 11) is 0. The van der Waals surface area contributed by atoms with Gasteiger partial charge in [-0.25, -0.2) is 4.63 Å². The molecule has 0 radical (unpaired) electrons. The van der Waals surface area contributed by atoms with Crippen LogP contribution in [0, 0.1) is 11.8 Å². The smallest absolute Gasteiger partial charge is 0.160 e. The molecule has 0 bridgehead atoms. The molecule has 5 heteroatoms. The lowest BCUT2D eigenvalue weighted by atomic mass is 9.80. The van der Waals surface area contributed by atoms with Gasteiger partial charge in [0.05, 0.1) is 11.4 Å². The molecule has 1 aliphatic carbocycles. The summed E-state index contributed by atoms with van der Waals surface area (Å²) < 4.78 is 4.80. The van der Waals surface area contributed by atoms with Gasteiger partial charge in [-0.2, -0.15) is 0 Å². The number of nitrogens with one attached hydrogen (secondary N) is 1. The van der Waals surface area contributed by atoms with E-state index in [0.29, 0.717) is 23.2 Å². The molecule has 1 heterocycles. The largest absolute Gasteiger partial charge is 0.397 e. The van der Waals surface area contributed by atoms with Crippen molar-refractivity contribution in [2.24, 2.45) is 11.8 Å². The lowest BCUT2D eigenvalue weighted by molar-refractivity contribution is 0.276. The van der Waals surface area contributed by atoms with Gasteiger partial charge >= 0.3 is 0 Å². The topological polar surface area (TPSA) is 77.0 Å². The average Bonchev–Trinajstić information content (AvgIpc) is 2.86. The maximum atomic E-state index is 5.86. The van der Waals surface area contributed by atoms with Gasteiger partial charge < -0.3 is 11.1 Å². The molecule has 1 saturated carbocycles. The quantitative estimate of drug-likeness (QED) is 0.811. The number of benzene rings is 1. The van der Waals surface area contributed by atoms with E-state index in [-0.39, 0.29) is 0 Å². The summed E-state index contributed by atoms with van der Waals surface area (Å²) >= 11 is 0. The Morgan fingerprint density at radius 3 is 2.79 bits per heavy atom. The Labute approximate surface area is 112 Å². The van der Waals surface area contributed by atoms with Crippen LogP contribution in [0.3, 0.4) is 0 Å². The van der Waals surface area contributed by atoms with Gasteiger partial charge in [0, 0.05) is 6.04 Å². The summed E-state index contributed by atoms with van der Waals surface area (Å²) in [5.74, 6) is 1.49. The second kappa shape index (κ2) is 4.72. The molecule has 1 aliphatic rings. The Balaban J connectivity index is 1.85. The fraction of sp³-hybridized carbons (Fsp3) is 0.571. The molecular weight excluding hydrogens is 240 g/mol. The van der Waals surface area contributed by atoms with Crippen molar-refractivity contribution < 1.29 is 4.63 Å². The molecule has 3 atom stereocenters. The van der Waals surface area contributed by atoms with E-state index in [9.17, 15) is 0 Å². The summed E-state index contributed by atoms with van der Waals surface area (Å²) in [5, 5.41) is 11.4. The van der Waals surface area contributed by atoms with E-state index in [0.717, 1.165) is 17.1 Å². The van der Waals surface area contributed by atoms with Crippen LogP contribution in [0.2, 0.25) is 0 Å². The predicted molar refractivity (Wildman–Crippen MR) is 75.8 cm³/mol. The Morgan fingerprint density at radius 1 is 1.21 bits per heavy atom. The van der Waals surface area contributed by atoms with Gasteiger partial charge in [-0.3, -0.25) is 0 Å². The number of nitrogens with two attached hydrogens (primary N) is 1. The molecule has 3 rings (SSSR count). The SMILES string of the molecule is CC1CCC(Nc2ccc(N)c3nonc23)C(C)C1. The summed E-state index contributed by atoms with van der Waals surface area (Å²) in [6.45, 7) is 4.64. The highest BCUT2D eigenvalue weighted by Crippen LogP contribution is 2.33. The summed E-state index contributed by atoms with van der Waals surface area (Å²) in [5.41, 5.74) is 8.80. The first-order valence-corrected chi connectivity index (χ1v) is 6.92. The first-order valence-electron chi connectivity index (χ1n) is 6.92. The number of hydrogen-bond donors (Lipinski definition) is 2. The van der Waals surface area contributed by atoms with Crippen molar-refractivity contribution in [2.45, 2.75) is 39.2 Å². The predicted octanol–water partition coefficient (Wildman–Crippen LogP) is 3.04. The third-order valence-electron chi connectivity index (χ3n) is 4.22. The highest BCUT2D eigenvalue weighted by molar-refractivity contribution is 5.95. The van der Waals surface area contributed by atoms with Gasteiger partial charge in [-0.05, 0) is 53.5 Å². The molecule has 0 aliphatic heterocycles. The summed E-state index contributed by atoms with van der Waals surface area (Å²) in [6.07, 6.45) is 3.74. The van der Waals surface area contributed by atoms with Crippen LogP contribution in [0.25, 0.3) is 11.0 Å². The van der Waals surface area contributed by atoms with E-state index in [1.165, 1.54) is 19.3 Å². The molecule has 102 valence electrons. The number of aromatic nitrogens is 2. The maximum Gasteiger partial charge on any atom is 0.160 e. The molecule has 2 aromatic rings. The molecule has 1 aromatic carbocycles. The Morgan fingerprint density at radius 2 is 2.00 bits per heavy atom. The summed E-state index contributed by atoms with van der Waals surface area (Å²) in [4.78, 5) is 0. The Kier molecular flexibility index (Phi) is 3.05. The monoisotopic (exact) mass is 260 g/mol. The molecule has 0 saturated heterocycles. The molecule has 3 N–H and O–H groups in total. The van der Waals surface area contributed by atoms with Crippen molar-refractivity contribution in [3.63, 3.8) is 0 Å². The first kappa shape index (κ1) is 12.3. The maximum absolute atomic E-state index is 5.86. The zero-order valence-electron chi connectivity index (χ0n) is 11.4. The third-order valence-corrected chi connectivity index (χ3v) is 4.22. The van der Waals surface area contributed by atoms with Gasteiger partial charge in [-0.15, -0.1) is 0 Å². The first-order chi connectivity index (χ1) is 9.15. The van der Waals surface area contributed by atoms with Crippen LogP contribution in [-0.2, 0) is 0 Å².